The van der Waals surface area contributed by atoms with Crippen LogP contribution >= 0.6 is 0 Å². The van der Waals surface area contributed by atoms with E-state index in [1.807, 2.05) is 57.2 Å². The third kappa shape index (κ3) is 7.08. The van der Waals surface area contributed by atoms with E-state index in [2.05, 4.69) is 42.7 Å². The monoisotopic (exact) mass is 652 g/mol. The predicted molar refractivity (Wildman–Crippen MR) is 186 cm³/mol. The van der Waals surface area contributed by atoms with Crippen LogP contribution in [0.4, 0.5) is 16.2 Å². The number of para-hydroxylation sites is 2. The summed E-state index contributed by atoms with van der Waals surface area (Å²) in [4.78, 5) is 49.5. The summed E-state index contributed by atoms with van der Waals surface area (Å²) in [6.45, 7) is 10.7. The van der Waals surface area contributed by atoms with Crippen LogP contribution in [-0.4, -0.2) is 95.4 Å². The number of anilines is 2. The van der Waals surface area contributed by atoms with E-state index >= 15 is 0 Å². The van der Waals surface area contributed by atoms with Gasteiger partial charge in [0.1, 0.15) is 23.2 Å². The van der Waals surface area contributed by atoms with Crippen LogP contribution in [0.25, 0.3) is 11.0 Å². The lowest BCUT2D eigenvalue weighted by Gasteiger charge is -2.35. The van der Waals surface area contributed by atoms with Crippen LogP contribution in [0, 0.1) is 0 Å². The van der Waals surface area contributed by atoms with Gasteiger partial charge in [-0.2, -0.15) is 0 Å². The number of imidazole rings is 1. The SMILES string of the molecule is COC1C(=C=O)C(N2CCCCc3ccccc32)=CC=C1C(=O)Nc1cccc2c1ncn2CCN1CCN(C(=O)OC(C)(C)C)CC1. The minimum absolute atomic E-state index is 0.267. The smallest absolute Gasteiger partial charge is 0.410 e. The molecule has 1 unspecified atom stereocenters. The lowest BCUT2D eigenvalue weighted by Crippen LogP contribution is -2.50. The average molecular weight is 653 g/mol. The van der Waals surface area contributed by atoms with Gasteiger partial charge >= 0.3 is 6.09 Å². The summed E-state index contributed by atoms with van der Waals surface area (Å²) < 4.78 is 13.4. The van der Waals surface area contributed by atoms with E-state index in [9.17, 15) is 14.4 Å². The van der Waals surface area contributed by atoms with Crippen molar-refractivity contribution in [2.24, 2.45) is 0 Å². The Morgan fingerprint density at radius 2 is 1.77 bits per heavy atom. The molecule has 0 bridgehead atoms. The van der Waals surface area contributed by atoms with Crippen molar-refractivity contribution in [1.29, 1.82) is 0 Å². The maximum Gasteiger partial charge on any atom is 0.410 e. The molecule has 3 heterocycles. The van der Waals surface area contributed by atoms with Gasteiger partial charge < -0.3 is 29.2 Å². The van der Waals surface area contributed by atoms with Gasteiger partial charge in [0, 0.05) is 58.6 Å². The molecule has 1 saturated heterocycles. The maximum atomic E-state index is 13.7. The van der Waals surface area contributed by atoms with Crippen LogP contribution in [0.2, 0.25) is 0 Å². The number of piperazine rings is 1. The molecule has 252 valence electrons. The summed E-state index contributed by atoms with van der Waals surface area (Å²) in [5, 5.41) is 3.03. The number of methoxy groups -OCH3 is 1. The first-order valence-electron chi connectivity index (χ1n) is 16.7. The first-order chi connectivity index (χ1) is 23.2. The molecule has 1 atom stereocenters. The summed E-state index contributed by atoms with van der Waals surface area (Å²) in [5.41, 5.74) is 5.27. The van der Waals surface area contributed by atoms with Gasteiger partial charge in [-0.1, -0.05) is 24.3 Å². The average Bonchev–Trinajstić information content (AvgIpc) is 3.38. The minimum Gasteiger partial charge on any atom is -0.444 e. The third-order valence-corrected chi connectivity index (χ3v) is 9.08. The molecular formula is C37H44N6O5. The number of nitrogens with zero attached hydrogens (tertiary/aromatic N) is 5. The van der Waals surface area contributed by atoms with Gasteiger partial charge in [0.15, 0.2) is 0 Å². The number of amides is 2. The molecule has 2 amide bonds. The molecule has 3 aromatic rings. The Balaban J connectivity index is 1.15. The Morgan fingerprint density at radius 1 is 0.979 bits per heavy atom. The first kappa shape index (κ1) is 33.2. The zero-order chi connectivity index (χ0) is 33.8. The van der Waals surface area contributed by atoms with Crippen molar-refractivity contribution < 1.29 is 23.9 Å². The number of aryl methyl sites for hydroxylation is 1. The number of carbonyl (C=O) groups is 2. The summed E-state index contributed by atoms with van der Waals surface area (Å²) >= 11 is 0. The van der Waals surface area contributed by atoms with Crippen LogP contribution in [0.5, 0.6) is 0 Å². The molecule has 2 aliphatic heterocycles. The predicted octanol–water partition coefficient (Wildman–Crippen LogP) is 4.97. The van der Waals surface area contributed by atoms with Crippen molar-refractivity contribution in [2.45, 2.75) is 58.3 Å². The molecule has 48 heavy (non-hydrogen) atoms. The zero-order valence-electron chi connectivity index (χ0n) is 28.2. The number of allylic oxidation sites excluding steroid dienone is 2. The van der Waals surface area contributed by atoms with Crippen LogP contribution in [0.3, 0.4) is 0 Å². The number of ether oxygens (including phenoxy) is 2. The van der Waals surface area contributed by atoms with Crippen molar-refractivity contribution >= 4 is 40.3 Å². The first-order valence-corrected chi connectivity index (χ1v) is 16.7. The largest absolute Gasteiger partial charge is 0.444 e. The van der Waals surface area contributed by atoms with Crippen molar-refractivity contribution in [2.75, 3.05) is 56.6 Å². The van der Waals surface area contributed by atoms with Crippen molar-refractivity contribution in [3.8, 4) is 0 Å². The van der Waals surface area contributed by atoms with Crippen molar-refractivity contribution in [1.82, 2.24) is 19.4 Å². The third-order valence-electron chi connectivity index (χ3n) is 9.08. The van der Waals surface area contributed by atoms with E-state index in [0.29, 0.717) is 47.7 Å². The number of rotatable bonds is 7. The highest BCUT2D eigenvalue weighted by Gasteiger charge is 2.34. The number of hydrogen-bond donors (Lipinski definition) is 1. The molecule has 0 spiro atoms. The molecule has 6 rings (SSSR count). The van der Waals surface area contributed by atoms with E-state index in [-0.39, 0.29) is 12.0 Å². The van der Waals surface area contributed by atoms with Gasteiger partial charge in [0.2, 0.25) is 0 Å². The summed E-state index contributed by atoms with van der Waals surface area (Å²) in [7, 11) is 1.50. The maximum absolute atomic E-state index is 13.7. The van der Waals surface area contributed by atoms with E-state index < -0.39 is 11.7 Å². The molecule has 1 N–H and O–H groups in total. The standard InChI is InChI=1S/C37H44N6O5/c1-37(2,3)48-36(46)41-21-18-40(19-22-41)20-23-42-25-38-33-29(12-9-14-32(33)42)39-35(45)27-15-16-31(28(24-44)34(27)47-4)43-17-8-7-11-26-10-5-6-13-30(26)43/h5-6,9-10,12-16,25,34H,7-8,11,17-23H2,1-4H3,(H,39,45). The van der Waals surface area contributed by atoms with E-state index in [1.165, 1.54) is 12.7 Å². The van der Waals surface area contributed by atoms with E-state index in [4.69, 9.17) is 9.47 Å². The topological polar surface area (TPSA) is 109 Å². The second kappa shape index (κ2) is 14.2. The van der Waals surface area contributed by atoms with Crippen molar-refractivity contribution in [3.05, 3.63) is 83.4 Å². The molecular weight excluding hydrogens is 608 g/mol. The fraction of sp³-hybridized carbons (Fsp3) is 0.432. The summed E-state index contributed by atoms with van der Waals surface area (Å²) in [6.07, 6.45) is 7.24. The number of aromatic nitrogens is 2. The normalized spacial score (nSPS) is 18.8. The van der Waals surface area contributed by atoms with E-state index in [0.717, 1.165) is 56.6 Å². The van der Waals surface area contributed by atoms with Gasteiger partial charge in [-0.3, -0.25) is 9.69 Å². The lowest BCUT2D eigenvalue weighted by atomic mass is 9.92. The molecule has 1 fully saturated rings. The Labute approximate surface area is 281 Å². The number of hydrogen-bond acceptors (Lipinski definition) is 8. The molecule has 1 aliphatic carbocycles. The van der Waals surface area contributed by atoms with Crippen LogP contribution in [-0.2, 0) is 32.0 Å². The quantitative estimate of drug-likeness (QED) is 0.357. The second-order valence-corrected chi connectivity index (χ2v) is 13.4. The van der Waals surface area contributed by atoms with Gasteiger partial charge in [0.25, 0.3) is 5.91 Å². The van der Waals surface area contributed by atoms with Crippen LogP contribution in [0.1, 0.15) is 39.2 Å². The Morgan fingerprint density at radius 3 is 2.52 bits per heavy atom. The lowest BCUT2D eigenvalue weighted by molar-refractivity contribution is -0.113. The van der Waals surface area contributed by atoms with Crippen molar-refractivity contribution in [3.63, 3.8) is 0 Å². The second-order valence-electron chi connectivity index (χ2n) is 13.4. The van der Waals surface area contributed by atoms with Gasteiger partial charge in [-0.15, -0.1) is 0 Å². The molecule has 1 aromatic heterocycles. The van der Waals surface area contributed by atoms with Gasteiger partial charge in [-0.05, 0) is 75.9 Å². The van der Waals surface area contributed by atoms with E-state index in [1.54, 1.807) is 17.3 Å². The molecule has 11 nitrogen and oxygen atoms in total. The molecule has 0 radical (unpaired) electrons. The highest BCUT2D eigenvalue weighted by atomic mass is 16.6. The Bertz CT molecular complexity index is 1790. The van der Waals surface area contributed by atoms with Gasteiger partial charge in [0.05, 0.1) is 34.4 Å². The minimum atomic E-state index is -0.870. The summed E-state index contributed by atoms with van der Waals surface area (Å²) in [5.74, 6) is 1.74. The Hall–Kier alpha value is -4.70. The molecule has 0 saturated carbocycles. The fourth-order valence-corrected chi connectivity index (χ4v) is 6.65. The number of fused-ring (bicyclic) bond motifs is 2. The zero-order valence-corrected chi connectivity index (χ0v) is 28.2. The molecule has 2 aromatic carbocycles. The van der Waals surface area contributed by atoms with Crippen LogP contribution in [0.15, 0.2) is 77.8 Å². The number of nitrogens with one attached hydrogen (secondary N) is 1. The number of benzene rings is 2. The fourth-order valence-electron chi connectivity index (χ4n) is 6.65. The van der Waals surface area contributed by atoms with Gasteiger partial charge in [-0.25, -0.2) is 14.6 Å². The highest BCUT2D eigenvalue weighted by Crippen LogP contribution is 2.36. The number of carbonyl (C=O) groups excluding carboxylic acids is 3. The highest BCUT2D eigenvalue weighted by molar-refractivity contribution is 6.09. The summed E-state index contributed by atoms with van der Waals surface area (Å²) in [6, 6.07) is 13.9. The Kier molecular flexibility index (Phi) is 9.82. The van der Waals surface area contributed by atoms with Crippen LogP contribution < -0.4 is 10.2 Å². The molecule has 3 aliphatic rings. The molecule has 11 heteroatoms.